The maximum absolute atomic E-state index is 9.75. The van der Waals surface area contributed by atoms with Gasteiger partial charge < -0.3 is 10.4 Å². The van der Waals surface area contributed by atoms with Gasteiger partial charge in [-0.3, -0.25) is 0 Å². The van der Waals surface area contributed by atoms with E-state index in [1.807, 2.05) is 26.1 Å². The quantitative estimate of drug-likeness (QED) is 0.854. The molecule has 0 aromatic heterocycles. The monoisotopic (exact) mass is 243 g/mol. The molecule has 0 heterocycles. The Morgan fingerprint density at radius 2 is 2.15 bits per heavy atom. The number of aromatic hydroxyl groups is 1. The SMILES string of the molecule is CNCCc1c(Br)ccc(C)c1O. The van der Waals surface area contributed by atoms with Crippen LogP contribution < -0.4 is 5.32 Å². The van der Waals surface area contributed by atoms with Gasteiger partial charge >= 0.3 is 0 Å². The molecule has 0 unspecified atom stereocenters. The predicted molar refractivity (Wildman–Crippen MR) is 58.2 cm³/mol. The van der Waals surface area contributed by atoms with Gasteiger partial charge in [-0.25, -0.2) is 0 Å². The Morgan fingerprint density at radius 3 is 2.77 bits per heavy atom. The van der Waals surface area contributed by atoms with E-state index in [1.165, 1.54) is 0 Å². The Balaban J connectivity index is 2.96. The van der Waals surface area contributed by atoms with Crippen LogP contribution in [0.5, 0.6) is 5.75 Å². The fourth-order valence-corrected chi connectivity index (χ4v) is 1.73. The van der Waals surface area contributed by atoms with Gasteiger partial charge in [-0.2, -0.15) is 0 Å². The summed E-state index contributed by atoms with van der Waals surface area (Å²) < 4.78 is 0.978. The molecule has 1 aromatic carbocycles. The number of halogens is 1. The lowest BCUT2D eigenvalue weighted by atomic mass is 10.1. The number of rotatable bonds is 3. The number of phenols is 1. The van der Waals surface area contributed by atoms with Crippen molar-refractivity contribution in [2.75, 3.05) is 13.6 Å². The molecule has 0 radical (unpaired) electrons. The zero-order chi connectivity index (χ0) is 9.84. The van der Waals surface area contributed by atoms with Crippen LogP contribution in [0.2, 0.25) is 0 Å². The van der Waals surface area contributed by atoms with E-state index in [4.69, 9.17) is 0 Å². The van der Waals surface area contributed by atoms with Crippen molar-refractivity contribution in [3.8, 4) is 5.75 Å². The third-order valence-corrected chi connectivity index (χ3v) is 2.80. The second-order valence-corrected chi connectivity index (χ2v) is 3.90. The first-order valence-electron chi connectivity index (χ1n) is 4.28. The Morgan fingerprint density at radius 1 is 1.46 bits per heavy atom. The maximum atomic E-state index is 9.75. The first-order chi connectivity index (χ1) is 6.16. The molecule has 0 saturated carbocycles. The van der Waals surface area contributed by atoms with Gasteiger partial charge in [0, 0.05) is 10.0 Å². The zero-order valence-corrected chi connectivity index (χ0v) is 9.48. The molecule has 0 bridgehead atoms. The summed E-state index contributed by atoms with van der Waals surface area (Å²) in [5.41, 5.74) is 1.91. The highest BCUT2D eigenvalue weighted by Gasteiger charge is 2.07. The minimum Gasteiger partial charge on any atom is -0.507 e. The van der Waals surface area contributed by atoms with Crippen LogP contribution in [-0.4, -0.2) is 18.7 Å². The molecule has 13 heavy (non-hydrogen) atoms. The molecule has 2 nitrogen and oxygen atoms in total. The molecule has 0 amide bonds. The van der Waals surface area contributed by atoms with Crippen LogP contribution in [0, 0.1) is 6.92 Å². The van der Waals surface area contributed by atoms with Crippen molar-refractivity contribution in [3.05, 3.63) is 27.7 Å². The van der Waals surface area contributed by atoms with E-state index in [0.717, 1.165) is 28.6 Å². The molecule has 3 heteroatoms. The van der Waals surface area contributed by atoms with E-state index in [0.29, 0.717) is 5.75 Å². The van der Waals surface area contributed by atoms with Crippen molar-refractivity contribution < 1.29 is 5.11 Å². The third kappa shape index (κ3) is 2.45. The van der Waals surface area contributed by atoms with Gasteiger partial charge in [0.2, 0.25) is 0 Å². The first kappa shape index (κ1) is 10.5. The molecule has 72 valence electrons. The van der Waals surface area contributed by atoms with Gasteiger partial charge in [0.25, 0.3) is 0 Å². The third-order valence-electron chi connectivity index (χ3n) is 2.05. The van der Waals surface area contributed by atoms with Crippen LogP contribution in [0.1, 0.15) is 11.1 Å². The van der Waals surface area contributed by atoms with Crippen LogP contribution in [0.3, 0.4) is 0 Å². The fraction of sp³-hybridized carbons (Fsp3) is 0.400. The van der Waals surface area contributed by atoms with Crippen LogP contribution in [-0.2, 0) is 6.42 Å². The molecule has 0 fully saturated rings. The van der Waals surface area contributed by atoms with Gasteiger partial charge in [0.1, 0.15) is 5.75 Å². The maximum Gasteiger partial charge on any atom is 0.122 e. The van der Waals surface area contributed by atoms with Crippen molar-refractivity contribution in [1.82, 2.24) is 5.32 Å². The van der Waals surface area contributed by atoms with Crippen LogP contribution in [0.15, 0.2) is 16.6 Å². The van der Waals surface area contributed by atoms with E-state index in [1.54, 1.807) is 0 Å². The largest absolute Gasteiger partial charge is 0.507 e. The van der Waals surface area contributed by atoms with E-state index in [-0.39, 0.29) is 0 Å². The van der Waals surface area contributed by atoms with E-state index in [2.05, 4.69) is 21.2 Å². The summed E-state index contributed by atoms with van der Waals surface area (Å²) in [5.74, 6) is 0.407. The molecule has 0 aliphatic carbocycles. The van der Waals surface area contributed by atoms with Gasteiger partial charge in [-0.05, 0) is 38.6 Å². The number of benzene rings is 1. The minimum atomic E-state index is 0.407. The molecule has 0 aliphatic heterocycles. The normalized spacial score (nSPS) is 10.4. The average Bonchev–Trinajstić information content (AvgIpc) is 2.12. The topological polar surface area (TPSA) is 32.3 Å². The number of hydrogen-bond acceptors (Lipinski definition) is 2. The highest BCUT2D eigenvalue weighted by molar-refractivity contribution is 9.10. The summed E-state index contributed by atoms with van der Waals surface area (Å²) >= 11 is 3.42. The van der Waals surface area contributed by atoms with Crippen LogP contribution in [0.25, 0.3) is 0 Å². The van der Waals surface area contributed by atoms with Gasteiger partial charge in [0.15, 0.2) is 0 Å². The summed E-state index contributed by atoms with van der Waals surface area (Å²) in [6.45, 7) is 2.78. The van der Waals surface area contributed by atoms with E-state index >= 15 is 0 Å². The molecule has 0 aliphatic rings. The van der Waals surface area contributed by atoms with Gasteiger partial charge in [0.05, 0.1) is 0 Å². The summed E-state index contributed by atoms with van der Waals surface area (Å²) in [6, 6.07) is 3.88. The summed E-state index contributed by atoms with van der Waals surface area (Å²) in [4.78, 5) is 0. The molecular weight excluding hydrogens is 230 g/mol. The van der Waals surface area contributed by atoms with Crippen LogP contribution in [0.4, 0.5) is 0 Å². The smallest absolute Gasteiger partial charge is 0.122 e. The molecule has 0 spiro atoms. The number of hydrogen-bond donors (Lipinski definition) is 2. The molecule has 2 N–H and O–H groups in total. The van der Waals surface area contributed by atoms with Crippen molar-refractivity contribution >= 4 is 15.9 Å². The van der Waals surface area contributed by atoms with E-state index in [9.17, 15) is 5.11 Å². The fourth-order valence-electron chi connectivity index (χ4n) is 1.22. The van der Waals surface area contributed by atoms with Crippen molar-refractivity contribution in [3.63, 3.8) is 0 Å². The number of likely N-dealkylation sites (N-methyl/N-ethyl adjacent to an activating group) is 1. The Labute approximate surface area is 87.1 Å². The second-order valence-electron chi connectivity index (χ2n) is 3.04. The Bertz CT molecular complexity index is 299. The lowest BCUT2D eigenvalue weighted by Gasteiger charge is -2.09. The number of aryl methyl sites for hydroxylation is 1. The zero-order valence-electron chi connectivity index (χ0n) is 7.89. The number of nitrogens with one attached hydrogen (secondary N) is 1. The average molecular weight is 244 g/mol. The highest BCUT2D eigenvalue weighted by Crippen LogP contribution is 2.29. The van der Waals surface area contributed by atoms with E-state index < -0.39 is 0 Å². The van der Waals surface area contributed by atoms with Crippen molar-refractivity contribution in [1.29, 1.82) is 0 Å². The minimum absolute atomic E-state index is 0.407. The molecule has 0 saturated heterocycles. The second kappa shape index (κ2) is 4.63. The molecular formula is C10H14BrNO. The number of phenolic OH excluding ortho intramolecular Hbond substituents is 1. The summed E-state index contributed by atoms with van der Waals surface area (Å²) in [5, 5.41) is 12.8. The lowest BCUT2D eigenvalue weighted by Crippen LogP contribution is -2.10. The highest BCUT2D eigenvalue weighted by atomic mass is 79.9. The standard InChI is InChI=1S/C10H14BrNO/c1-7-3-4-9(11)8(10(7)13)5-6-12-2/h3-4,12-13H,5-6H2,1-2H3. The summed E-state index contributed by atoms with van der Waals surface area (Å²) in [7, 11) is 1.90. The lowest BCUT2D eigenvalue weighted by molar-refractivity contribution is 0.462. The van der Waals surface area contributed by atoms with Crippen molar-refractivity contribution in [2.45, 2.75) is 13.3 Å². The first-order valence-corrected chi connectivity index (χ1v) is 5.07. The van der Waals surface area contributed by atoms with Crippen molar-refractivity contribution in [2.24, 2.45) is 0 Å². The molecule has 1 aromatic rings. The summed E-state index contributed by atoms with van der Waals surface area (Å²) in [6.07, 6.45) is 0.838. The molecule has 0 atom stereocenters. The Hall–Kier alpha value is -0.540. The van der Waals surface area contributed by atoms with Gasteiger partial charge in [-0.15, -0.1) is 0 Å². The molecule has 1 rings (SSSR count). The van der Waals surface area contributed by atoms with Crippen LogP contribution >= 0.6 is 15.9 Å². The van der Waals surface area contributed by atoms with Gasteiger partial charge in [-0.1, -0.05) is 22.0 Å². The Kier molecular flexibility index (Phi) is 3.75. The predicted octanol–water partition coefficient (Wildman–Crippen LogP) is 2.23.